The van der Waals surface area contributed by atoms with Gasteiger partial charge in [0.05, 0.1) is 42.2 Å². The molecule has 11 nitrogen and oxygen atoms in total. The summed E-state index contributed by atoms with van der Waals surface area (Å²) in [6, 6.07) is -1.54. The predicted octanol–water partition coefficient (Wildman–Crippen LogP) is 2.47. The fourth-order valence-corrected chi connectivity index (χ4v) is 5.55. The van der Waals surface area contributed by atoms with Gasteiger partial charge in [-0.3, -0.25) is 24.1 Å². The van der Waals surface area contributed by atoms with Crippen LogP contribution in [0.3, 0.4) is 0 Å². The minimum absolute atomic E-state index is 0.00318. The molecule has 1 fully saturated rings. The van der Waals surface area contributed by atoms with Gasteiger partial charge >= 0.3 is 5.97 Å². The highest BCUT2D eigenvalue weighted by atomic mass is 16.5. The van der Waals surface area contributed by atoms with Crippen molar-refractivity contribution in [1.29, 1.82) is 0 Å². The summed E-state index contributed by atoms with van der Waals surface area (Å²) in [5.41, 5.74) is -0.811. The fraction of sp³-hybridized carbons (Fsp3) is 0.867. The third-order valence-corrected chi connectivity index (χ3v) is 9.13. The highest BCUT2D eigenvalue weighted by molar-refractivity contribution is 5.92. The Balaban J connectivity index is 3.26. The van der Waals surface area contributed by atoms with Crippen LogP contribution >= 0.6 is 0 Å². The van der Waals surface area contributed by atoms with E-state index in [1.54, 1.807) is 49.6 Å². The van der Waals surface area contributed by atoms with Crippen molar-refractivity contribution < 1.29 is 33.8 Å². The van der Waals surface area contributed by atoms with E-state index in [1.165, 1.54) is 7.11 Å². The van der Waals surface area contributed by atoms with Crippen molar-refractivity contribution in [3.8, 4) is 0 Å². The van der Waals surface area contributed by atoms with Crippen LogP contribution in [0.4, 0.5) is 0 Å². The first-order valence-corrected chi connectivity index (χ1v) is 14.8. The molecule has 2 N–H and O–H groups in total. The van der Waals surface area contributed by atoms with Crippen molar-refractivity contribution in [3.63, 3.8) is 0 Å². The summed E-state index contributed by atoms with van der Waals surface area (Å²) in [4.78, 5) is 57.6. The van der Waals surface area contributed by atoms with E-state index in [9.17, 15) is 24.3 Å². The minimum Gasteiger partial charge on any atom is -0.481 e. The van der Waals surface area contributed by atoms with Gasteiger partial charge in [0.25, 0.3) is 0 Å². The second kappa shape index (κ2) is 15.8. The van der Waals surface area contributed by atoms with Crippen LogP contribution < -0.4 is 5.32 Å². The van der Waals surface area contributed by atoms with E-state index in [-0.39, 0.29) is 42.0 Å². The van der Waals surface area contributed by atoms with Crippen molar-refractivity contribution >= 4 is 23.7 Å². The topological polar surface area (TPSA) is 129 Å². The van der Waals surface area contributed by atoms with Crippen molar-refractivity contribution in [2.75, 3.05) is 41.9 Å². The lowest BCUT2D eigenvalue weighted by atomic mass is 9.89. The highest BCUT2D eigenvalue weighted by Crippen LogP contribution is 2.29. The summed E-state index contributed by atoms with van der Waals surface area (Å²) in [7, 11) is 8.37. The molecular weight excluding hydrogens is 528 g/mol. The van der Waals surface area contributed by atoms with E-state index >= 15 is 0 Å². The van der Waals surface area contributed by atoms with E-state index in [0.29, 0.717) is 13.0 Å². The van der Waals surface area contributed by atoms with Crippen LogP contribution in [0.1, 0.15) is 74.1 Å². The molecule has 3 amide bonds. The zero-order chi connectivity index (χ0) is 31.8. The average Bonchev–Trinajstić information content (AvgIpc) is 3.39. The Labute approximate surface area is 247 Å². The van der Waals surface area contributed by atoms with E-state index in [0.717, 1.165) is 12.8 Å². The summed E-state index contributed by atoms with van der Waals surface area (Å²) in [6.07, 6.45) is 0.961. The largest absolute Gasteiger partial charge is 0.481 e. The molecule has 1 aliphatic heterocycles. The van der Waals surface area contributed by atoms with Crippen LogP contribution in [0, 0.1) is 17.8 Å². The van der Waals surface area contributed by atoms with E-state index in [2.05, 4.69) is 5.32 Å². The summed E-state index contributed by atoms with van der Waals surface area (Å²) in [6.45, 7) is 13.6. The average molecular weight is 585 g/mol. The monoisotopic (exact) mass is 584 g/mol. The number of methoxy groups -OCH3 is 2. The number of hydrogen-bond acceptors (Lipinski definition) is 7. The molecule has 41 heavy (non-hydrogen) atoms. The third-order valence-electron chi connectivity index (χ3n) is 9.13. The molecule has 0 bridgehead atoms. The molecule has 0 aliphatic carbocycles. The maximum Gasteiger partial charge on any atom is 0.308 e. The molecule has 1 saturated heterocycles. The van der Waals surface area contributed by atoms with Gasteiger partial charge < -0.3 is 29.7 Å². The Morgan fingerprint density at radius 2 is 1.63 bits per heavy atom. The number of ether oxygens (including phenoxy) is 2. The molecule has 0 aromatic carbocycles. The predicted molar refractivity (Wildman–Crippen MR) is 158 cm³/mol. The lowest BCUT2D eigenvalue weighted by Crippen LogP contribution is -2.61. The molecule has 7 atom stereocenters. The molecule has 11 heteroatoms. The quantitative estimate of drug-likeness (QED) is 0.283. The molecule has 0 spiro atoms. The Kier molecular flexibility index (Phi) is 14.2. The zero-order valence-corrected chi connectivity index (χ0v) is 27.4. The van der Waals surface area contributed by atoms with Crippen LogP contribution in [0.5, 0.6) is 0 Å². The summed E-state index contributed by atoms with van der Waals surface area (Å²) in [5, 5.41) is 12.5. The number of amides is 3. The van der Waals surface area contributed by atoms with Gasteiger partial charge in [0.2, 0.25) is 17.7 Å². The number of nitrogens with zero attached hydrogens (tertiary/aromatic N) is 3. The molecule has 0 aromatic heterocycles. The lowest BCUT2D eigenvalue weighted by Gasteiger charge is -2.41. The van der Waals surface area contributed by atoms with Gasteiger partial charge in [0, 0.05) is 27.8 Å². The Morgan fingerprint density at radius 1 is 1.05 bits per heavy atom. The van der Waals surface area contributed by atoms with Crippen molar-refractivity contribution in [3.05, 3.63) is 0 Å². The van der Waals surface area contributed by atoms with Gasteiger partial charge in [-0.15, -0.1) is 0 Å². The number of hydrogen-bond donors (Lipinski definition) is 2. The number of aliphatic carboxylic acids is 1. The highest BCUT2D eigenvalue weighted by Gasteiger charge is 2.43. The number of rotatable bonds is 16. The molecule has 0 radical (unpaired) electrons. The number of carbonyl (C=O) groups excluding carboxylic acids is 3. The molecule has 238 valence electrons. The number of carboxylic acid groups (broad SMARTS) is 1. The third kappa shape index (κ3) is 8.88. The maximum atomic E-state index is 13.9. The van der Waals surface area contributed by atoms with Gasteiger partial charge in [-0.1, -0.05) is 34.1 Å². The number of carboxylic acids is 1. The van der Waals surface area contributed by atoms with Crippen LogP contribution in [0.2, 0.25) is 0 Å². The van der Waals surface area contributed by atoms with Crippen LogP contribution in [-0.4, -0.2) is 121 Å². The molecule has 0 saturated carbocycles. The van der Waals surface area contributed by atoms with Gasteiger partial charge in [-0.25, -0.2) is 0 Å². The van der Waals surface area contributed by atoms with Gasteiger partial charge in [-0.05, 0) is 59.5 Å². The Bertz CT molecular complexity index is 894. The summed E-state index contributed by atoms with van der Waals surface area (Å²) in [5.74, 6) is -2.55. The van der Waals surface area contributed by atoms with Crippen molar-refractivity contribution in [2.45, 2.75) is 110 Å². The number of likely N-dealkylation sites (N-methyl/N-ethyl adjacent to an activating group) is 2. The zero-order valence-electron chi connectivity index (χ0n) is 27.4. The Morgan fingerprint density at radius 3 is 2.07 bits per heavy atom. The summed E-state index contributed by atoms with van der Waals surface area (Å²) >= 11 is 0. The van der Waals surface area contributed by atoms with E-state index < -0.39 is 41.7 Å². The second-order valence-corrected chi connectivity index (χ2v) is 12.6. The lowest BCUT2D eigenvalue weighted by molar-refractivity contribution is -0.152. The first-order chi connectivity index (χ1) is 19.0. The van der Waals surface area contributed by atoms with Gasteiger partial charge in [-0.2, -0.15) is 0 Å². The van der Waals surface area contributed by atoms with Crippen molar-refractivity contribution in [1.82, 2.24) is 20.0 Å². The maximum absolute atomic E-state index is 13.9. The van der Waals surface area contributed by atoms with Crippen molar-refractivity contribution in [2.24, 2.45) is 17.8 Å². The molecule has 1 rings (SSSR count). The molecule has 0 aromatic rings. The van der Waals surface area contributed by atoms with E-state index in [4.69, 9.17) is 9.47 Å². The number of likely N-dealkylation sites (tertiary alicyclic amines) is 1. The molecular formula is C30H56N4O7. The fourth-order valence-electron chi connectivity index (χ4n) is 5.55. The normalized spacial score (nSPS) is 20.3. The van der Waals surface area contributed by atoms with Gasteiger partial charge in [0.1, 0.15) is 6.04 Å². The van der Waals surface area contributed by atoms with E-state index in [1.807, 2.05) is 41.8 Å². The standard InChI is InChI=1S/C30H56N4O7/c1-13-19(4)25(33(10)27(36)24(18(2)3)31-29(39)30(6,7)32(8)9)22(40-11)17-23(35)34-16-14-15-21(34)26(41-12)20(5)28(37)38/h18-22,24-26H,13-17H2,1-12H3,(H,31,39)(H,37,38)/t19?,20?,21-,22?,24?,25?,26?/m0/s1. The molecule has 1 aliphatic rings. The second-order valence-electron chi connectivity index (χ2n) is 12.6. The van der Waals surface area contributed by atoms with Gasteiger partial charge in [0.15, 0.2) is 0 Å². The Hall–Kier alpha value is -2.24. The summed E-state index contributed by atoms with van der Waals surface area (Å²) < 4.78 is 11.5. The van der Waals surface area contributed by atoms with Crippen LogP contribution in [0.15, 0.2) is 0 Å². The SMILES string of the molecule is CCC(C)C(C(CC(=O)N1CCC[C@H]1C(OC)C(C)C(=O)O)OC)N(C)C(=O)C(NC(=O)C(C)(C)N(C)C)C(C)C. The number of carbonyl (C=O) groups is 4. The smallest absolute Gasteiger partial charge is 0.308 e. The molecule has 6 unspecified atom stereocenters. The van der Waals surface area contributed by atoms with Crippen LogP contribution in [0.25, 0.3) is 0 Å². The minimum atomic E-state index is -0.969. The van der Waals surface area contributed by atoms with Crippen LogP contribution in [-0.2, 0) is 28.7 Å². The number of nitrogens with one attached hydrogen (secondary N) is 1. The molecule has 1 heterocycles. The first kappa shape index (κ1) is 36.8. The first-order valence-electron chi connectivity index (χ1n) is 14.8.